The molecule has 1 aromatic heterocycles. The van der Waals surface area contributed by atoms with Crippen LogP contribution in [0.5, 0.6) is 0 Å². The van der Waals surface area contributed by atoms with E-state index < -0.39 is 11.9 Å². The first-order valence-electron chi connectivity index (χ1n) is 4.64. The van der Waals surface area contributed by atoms with Crippen molar-refractivity contribution in [1.29, 1.82) is 0 Å². The quantitative estimate of drug-likeness (QED) is 0.724. The first-order chi connectivity index (χ1) is 7.16. The van der Waals surface area contributed by atoms with Gasteiger partial charge < -0.3 is 15.0 Å². The summed E-state index contributed by atoms with van der Waals surface area (Å²) in [5.41, 5.74) is 0.814. The summed E-state index contributed by atoms with van der Waals surface area (Å²) in [6, 6.07) is 0. The Balaban J connectivity index is 2.00. The molecule has 6 nitrogen and oxygen atoms in total. The summed E-state index contributed by atoms with van der Waals surface area (Å²) < 4.78 is 0. The van der Waals surface area contributed by atoms with Crippen LogP contribution in [-0.4, -0.2) is 38.4 Å². The minimum Gasteiger partial charge on any atom is -0.481 e. The predicted octanol–water partition coefficient (Wildman–Crippen LogP) is -0.157. The zero-order valence-corrected chi connectivity index (χ0v) is 8.01. The Kier molecular flexibility index (Phi) is 2.40. The minimum atomic E-state index is -0.907. The number of likely N-dealkylation sites (tertiary alicyclic amines) is 1. The molecule has 0 saturated carbocycles. The maximum Gasteiger partial charge on any atom is 0.308 e. The summed E-state index contributed by atoms with van der Waals surface area (Å²) >= 11 is 0. The first kappa shape index (κ1) is 9.70. The number of rotatable bonds is 3. The van der Waals surface area contributed by atoms with Crippen molar-refractivity contribution in [3.63, 3.8) is 0 Å². The van der Waals surface area contributed by atoms with Gasteiger partial charge in [-0.25, -0.2) is 4.98 Å². The van der Waals surface area contributed by atoms with Crippen LogP contribution < -0.4 is 0 Å². The lowest BCUT2D eigenvalue weighted by Gasteiger charge is -2.14. The number of hydrogen-bond donors (Lipinski definition) is 2. The Morgan fingerprint density at radius 3 is 3.07 bits per heavy atom. The summed E-state index contributed by atoms with van der Waals surface area (Å²) in [6.07, 6.45) is 3.26. The number of carboxylic acids is 1. The molecule has 80 valence electrons. The van der Waals surface area contributed by atoms with E-state index in [-0.39, 0.29) is 18.9 Å². The Bertz CT molecular complexity index is 374. The summed E-state index contributed by atoms with van der Waals surface area (Å²) in [6.45, 7) is 0.690. The van der Waals surface area contributed by atoms with E-state index in [0.717, 1.165) is 5.69 Å². The second-order valence-electron chi connectivity index (χ2n) is 3.59. The van der Waals surface area contributed by atoms with Crippen LogP contribution in [0.2, 0.25) is 0 Å². The van der Waals surface area contributed by atoms with Crippen molar-refractivity contribution in [1.82, 2.24) is 14.9 Å². The lowest BCUT2D eigenvalue weighted by molar-refractivity contribution is -0.141. The van der Waals surface area contributed by atoms with Crippen LogP contribution in [-0.2, 0) is 16.1 Å². The third kappa shape index (κ3) is 1.98. The van der Waals surface area contributed by atoms with Gasteiger partial charge >= 0.3 is 5.97 Å². The summed E-state index contributed by atoms with van der Waals surface area (Å²) in [5, 5.41) is 8.78. The zero-order chi connectivity index (χ0) is 10.8. The first-order valence-corrected chi connectivity index (χ1v) is 4.64. The van der Waals surface area contributed by atoms with Gasteiger partial charge in [-0.2, -0.15) is 0 Å². The smallest absolute Gasteiger partial charge is 0.308 e. The molecule has 1 saturated heterocycles. The van der Waals surface area contributed by atoms with Crippen molar-refractivity contribution >= 4 is 11.9 Å². The van der Waals surface area contributed by atoms with E-state index in [9.17, 15) is 9.59 Å². The molecule has 0 aromatic carbocycles. The molecule has 1 amide bonds. The van der Waals surface area contributed by atoms with Crippen LogP contribution in [0.1, 0.15) is 12.1 Å². The molecule has 1 fully saturated rings. The van der Waals surface area contributed by atoms with E-state index in [1.807, 2.05) is 0 Å². The van der Waals surface area contributed by atoms with Gasteiger partial charge in [-0.05, 0) is 0 Å². The SMILES string of the molecule is O=C(O)C1CC(=O)N(Cc2cnc[nH]2)C1. The molecular formula is C9H11N3O3. The van der Waals surface area contributed by atoms with Gasteiger partial charge in [0.2, 0.25) is 5.91 Å². The van der Waals surface area contributed by atoms with E-state index >= 15 is 0 Å². The fourth-order valence-electron chi connectivity index (χ4n) is 1.67. The number of aromatic amines is 1. The number of carbonyl (C=O) groups is 2. The molecule has 1 aromatic rings. The monoisotopic (exact) mass is 209 g/mol. The molecule has 0 aliphatic carbocycles. The van der Waals surface area contributed by atoms with Gasteiger partial charge in [0.25, 0.3) is 0 Å². The number of nitrogens with one attached hydrogen (secondary N) is 1. The van der Waals surface area contributed by atoms with Crippen LogP contribution >= 0.6 is 0 Å². The van der Waals surface area contributed by atoms with Crippen LogP contribution in [0, 0.1) is 5.92 Å². The number of aromatic nitrogens is 2. The third-order valence-corrected chi connectivity index (χ3v) is 2.48. The molecule has 6 heteroatoms. The maximum atomic E-state index is 11.4. The lowest BCUT2D eigenvalue weighted by Crippen LogP contribution is -2.25. The summed E-state index contributed by atoms with van der Waals surface area (Å²) in [7, 11) is 0. The van der Waals surface area contributed by atoms with Crippen molar-refractivity contribution in [3.8, 4) is 0 Å². The van der Waals surface area contributed by atoms with Crippen LogP contribution in [0.4, 0.5) is 0 Å². The average molecular weight is 209 g/mol. The van der Waals surface area contributed by atoms with Crippen molar-refractivity contribution < 1.29 is 14.7 Å². The topological polar surface area (TPSA) is 86.3 Å². The number of hydrogen-bond acceptors (Lipinski definition) is 3. The zero-order valence-electron chi connectivity index (χ0n) is 8.01. The van der Waals surface area contributed by atoms with Gasteiger partial charge in [0.15, 0.2) is 0 Å². The molecule has 1 aliphatic rings. The fraction of sp³-hybridized carbons (Fsp3) is 0.444. The van der Waals surface area contributed by atoms with E-state index in [1.165, 1.54) is 11.2 Å². The molecule has 1 unspecified atom stereocenters. The normalized spacial score (nSPS) is 20.9. The minimum absolute atomic E-state index is 0.101. The number of imidazole rings is 1. The van der Waals surface area contributed by atoms with Gasteiger partial charge in [-0.1, -0.05) is 0 Å². The molecule has 0 radical (unpaired) electrons. The van der Waals surface area contributed by atoms with E-state index in [1.54, 1.807) is 6.20 Å². The van der Waals surface area contributed by atoms with Crippen molar-refractivity contribution in [2.75, 3.05) is 6.54 Å². The van der Waals surface area contributed by atoms with Crippen LogP contribution in [0.25, 0.3) is 0 Å². The van der Waals surface area contributed by atoms with Gasteiger partial charge in [-0.15, -0.1) is 0 Å². The Morgan fingerprint density at radius 2 is 2.53 bits per heavy atom. The Labute approximate surface area is 85.9 Å². The second kappa shape index (κ2) is 3.72. The largest absolute Gasteiger partial charge is 0.481 e. The molecule has 0 spiro atoms. The number of nitrogens with zero attached hydrogens (tertiary/aromatic N) is 2. The van der Waals surface area contributed by atoms with Crippen molar-refractivity contribution in [2.24, 2.45) is 5.92 Å². The maximum absolute atomic E-state index is 11.4. The highest BCUT2D eigenvalue weighted by Gasteiger charge is 2.34. The number of carboxylic acid groups (broad SMARTS) is 1. The highest BCUT2D eigenvalue weighted by Crippen LogP contribution is 2.19. The standard InChI is InChI=1S/C9H11N3O3/c13-8-1-6(9(14)15)3-12(8)4-7-2-10-5-11-7/h2,5-6H,1,3-4H2,(H,10,11)(H,14,15). The molecule has 1 atom stereocenters. The van der Waals surface area contributed by atoms with E-state index in [0.29, 0.717) is 6.54 Å². The van der Waals surface area contributed by atoms with Crippen LogP contribution in [0.15, 0.2) is 12.5 Å². The molecule has 2 heterocycles. The lowest BCUT2D eigenvalue weighted by atomic mass is 10.1. The summed E-state index contributed by atoms with van der Waals surface area (Å²) in [5.74, 6) is -1.59. The highest BCUT2D eigenvalue weighted by atomic mass is 16.4. The van der Waals surface area contributed by atoms with Crippen molar-refractivity contribution in [3.05, 3.63) is 18.2 Å². The Hall–Kier alpha value is -1.85. The van der Waals surface area contributed by atoms with Crippen molar-refractivity contribution in [2.45, 2.75) is 13.0 Å². The van der Waals surface area contributed by atoms with Gasteiger partial charge in [-0.3, -0.25) is 9.59 Å². The van der Waals surface area contributed by atoms with Crippen LogP contribution in [0.3, 0.4) is 0 Å². The number of aliphatic carboxylic acids is 1. The predicted molar refractivity (Wildman–Crippen MR) is 49.7 cm³/mol. The third-order valence-electron chi connectivity index (χ3n) is 2.48. The summed E-state index contributed by atoms with van der Waals surface area (Å²) in [4.78, 5) is 30.4. The van der Waals surface area contributed by atoms with E-state index in [4.69, 9.17) is 5.11 Å². The average Bonchev–Trinajstić information content (AvgIpc) is 2.77. The second-order valence-corrected chi connectivity index (χ2v) is 3.59. The number of carbonyl (C=O) groups excluding carboxylic acids is 1. The molecule has 1 aliphatic heterocycles. The van der Waals surface area contributed by atoms with Gasteiger partial charge in [0.1, 0.15) is 0 Å². The Morgan fingerprint density at radius 1 is 1.73 bits per heavy atom. The molecule has 2 N–H and O–H groups in total. The van der Waals surface area contributed by atoms with Gasteiger partial charge in [0.05, 0.1) is 24.5 Å². The number of amides is 1. The van der Waals surface area contributed by atoms with E-state index in [2.05, 4.69) is 9.97 Å². The molecular weight excluding hydrogens is 198 g/mol. The highest BCUT2D eigenvalue weighted by molar-refractivity contribution is 5.85. The number of H-pyrrole nitrogens is 1. The fourth-order valence-corrected chi connectivity index (χ4v) is 1.67. The molecule has 2 rings (SSSR count). The molecule has 0 bridgehead atoms. The molecule has 15 heavy (non-hydrogen) atoms. The van der Waals surface area contributed by atoms with Gasteiger partial charge in [0, 0.05) is 19.2 Å².